The molecule has 5 nitrogen and oxygen atoms in total. The van der Waals surface area contributed by atoms with Gasteiger partial charge in [-0.15, -0.1) is 0 Å². The molecule has 0 unspecified atom stereocenters. The van der Waals surface area contributed by atoms with Crippen molar-refractivity contribution >= 4 is 10.0 Å². The number of benzene rings is 1. The van der Waals surface area contributed by atoms with Gasteiger partial charge in [-0.25, -0.2) is 8.42 Å². The molecule has 1 N–H and O–H groups in total. The molecular formula is C13H21NO4S. The van der Waals surface area contributed by atoms with Crippen molar-refractivity contribution in [3.63, 3.8) is 0 Å². The van der Waals surface area contributed by atoms with E-state index in [4.69, 9.17) is 4.74 Å². The second kappa shape index (κ2) is 6.88. The van der Waals surface area contributed by atoms with E-state index in [1.54, 1.807) is 19.9 Å². The fourth-order valence-electron chi connectivity index (χ4n) is 1.85. The van der Waals surface area contributed by atoms with Crippen LogP contribution in [0.25, 0.3) is 0 Å². The molecular weight excluding hydrogens is 266 g/mol. The minimum absolute atomic E-state index is 0.184. The zero-order chi connectivity index (χ0) is 14.5. The van der Waals surface area contributed by atoms with Crippen LogP contribution in [0.5, 0.6) is 5.75 Å². The first kappa shape index (κ1) is 15.9. The number of hydrogen-bond acceptors (Lipinski definition) is 4. The molecule has 108 valence electrons. The van der Waals surface area contributed by atoms with Gasteiger partial charge in [-0.1, -0.05) is 13.8 Å². The van der Waals surface area contributed by atoms with E-state index in [9.17, 15) is 13.5 Å². The van der Waals surface area contributed by atoms with E-state index in [0.29, 0.717) is 31.0 Å². The van der Waals surface area contributed by atoms with Gasteiger partial charge in [0.05, 0.1) is 18.1 Å². The molecule has 0 aliphatic rings. The third-order valence-electron chi connectivity index (χ3n) is 2.85. The van der Waals surface area contributed by atoms with E-state index in [1.165, 1.54) is 16.4 Å². The zero-order valence-corrected chi connectivity index (χ0v) is 12.4. The molecule has 0 fully saturated rings. The number of aliphatic hydroxyl groups is 1. The first-order valence-electron chi connectivity index (χ1n) is 6.37. The quantitative estimate of drug-likeness (QED) is 0.827. The highest BCUT2D eigenvalue weighted by Gasteiger charge is 2.22. The molecule has 0 radical (unpaired) electrons. The van der Waals surface area contributed by atoms with Crippen LogP contribution in [-0.4, -0.2) is 37.5 Å². The van der Waals surface area contributed by atoms with Crippen molar-refractivity contribution in [2.75, 3.05) is 19.7 Å². The molecule has 0 aliphatic carbocycles. The summed E-state index contributed by atoms with van der Waals surface area (Å²) in [5.41, 5.74) is 0.482. The van der Waals surface area contributed by atoms with Gasteiger partial charge >= 0.3 is 0 Å². The molecule has 19 heavy (non-hydrogen) atoms. The summed E-state index contributed by atoms with van der Waals surface area (Å²) in [6.07, 6.45) is 0. The third kappa shape index (κ3) is 3.46. The van der Waals surface area contributed by atoms with E-state index in [1.807, 2.05) is 6.92 Å². The molecule has 0 amide bonds. The van der Waals surface area contributed by atoms with Gasteiger partial charge in [0.15, 0.2) is 0 Å². The fourth-order valence-corrected chi connectivity index (χ4v) is 3.36. The Kier molecular flexibility index (Phi) is 5.78. The Morgan fingerprint density at radius 2 is 1.84 bits per heavy atom. The van der Waals surface area contributed by atoms with Gasteiger partial charge in [0.2, 0.25) is 10.0 Å². The van der Waals surface area contributed by atoms with Crippen molar-refractivity contribution < 1.29 is 18.3 Å². The third-order valence-corrected chi connectivity index (χ3v) is 4.89. The van der Waals surface area contributed by atoms with Crippen LogP contribution in [0.1, 0.15) is 26.3 Å². The largest absolute Gasteiger partial charge is 0.494 e. The molecule has 1 aromatic rings. The van der Waals surface area contributed by atoms with E-state index in [-0.39, 0.29) is 11.5 Å². The summed E-state index contributed by atoms with van der Waals surface area (Å²) < 4.78 is 31.4. The number of hydrogen-bond donors (Lipinski definition) is 1. The van der Waals surface area contributed by atoms with E-state index in [0.717, 1.165) is 0 Å². The van der Waals surface area contributed by atoms with Crippen molar-refractivity contribution in [2.24, 2.45) is 0 Å². The van der Waals surface area contributed by atoms with Gasteiger partial charge < -0.3 is 9.84 Å². The van der Waals surface area contributed by atoms with Crippen LogP contribution in [0.15, 0.2) is 23.1 Å². The van der Waals surface area contributed by atoms with E-state index >= 15 is 0 Å². The highest BCUT2D eigenvalue weighted by atomic mass is 32.2. The van der Waals surface area contributed by atoms with Gasteiger partial charge in [0, 0.05) is 18.7 Å². The summed E-state index contributed by atoms with van der Waals surface area (Å²) >= 11 is 0. The molecule has 1 rings (SSSR count). The van der Waals surface area contributed by atoms with Crippen LogP contribution in [0.3, 0.4) is 0 Å². The molecule has 1 aromatic carbocycles. The highest BCUT2D eigenvalue weighted by molar-refractivity contribution is 7.89. The molecule has 0 aromatic heterocycles. The lowest BCUT2D eigenvalue weighted by molar-refractivity contribution is 0.266. The minimum atomic E-state index is -3.50. The smallest absolute Gasteiger partial charge is 0.243 e. The van der Waals surface area contributed by atoms with Crippen molar-refractivity contribution in [2.45, 2.75) is 32.3 Å². The lowest BCUT2D eigenvalue weighted by atomic mass is 10.2. The number of aliphatic hydroxyl groups excluding tert-OH is 1. The number of rotatable bonds is 7. The molecule has 0 heterocycles. The van der Waals surface area contributed by atoms with Crippen molar-refractivity contribution in [1.82, 2.24) is 4.31 Å². The first-order chi connectivity index (χ1) is 9.01. The molecule has 0 aliphatic heterocycles. The lowest BCUT2D eigenvalue weighted by Crippen LogP contribution is -2.30. The van der Waals surface area contributed by atoms with Crippen LogP contribution >= 0.6 is 0 Å². The Morgan fingerprint density at radius 1 is 1.21 bits per heavy atom. The average Bonchev–Trinajstić information content (AvgIpc) is 2.40. The van der Waals surface area contributed by atoms with Crippen molar-refractivity contribution in [1.29, 1.82) is 0 Å². The first-order valence-corrected chi connectivity index (χ1v) is 7.81. The van der Waals surface area contributed by atoms with Crippen LogP contribution in [0.4, 0.5) is 0 Å². The van der Waals surface area contributed by atoms with Crippen molar-refractivity contribution in [3.8, 4) is 5.75 Å². The number of sulfonamides is 1. The second-order valence-electron chi connectivity index (χ2n) is 3.95. The molecule has 0 spiro atoms. The molecule has 0 atom stereocenters. The summed E-state index contributed by atoms with van der Waals surface area (Å²) in [6.45, 7) is 6.47. The predicted octanol–water partition coefficient (Wildman–Crippen LogP) is 1.61. The van der Waals surface area contributed by atoms with Crippen LogP contribution < -0.4 is 4.74 Å². The van der Waals surface area contributed by atoms with Crippen LogP contribution in [0, 0.1) is 0 Å². The summed E-state index contributed by atoms with van der Waals surface area (Å²) in [4.78, 5) is 0.184. The Balaban J connectivity index is 3.22. The molecule has 0 saturated carbocycles. The SMILES string of the molecule is CCOc1ccc(S(=O)(=O)N(CC)CC)cc1CO. The van der Waals surface area contributed by atoms with E-state index in [2.05, 4.69) is 0 Å². The number of nitrogens with zero attached hydrogens (tertiary/aromatic N) is 1. The molecule has 0 bridgehead atoms. The van der Waals surface area contributed by atoms with Crippen molar-refractivity contribution in [3.05, 3.63) is 23.8 Å². The topological polar surface area (TPSA) is 66.8 Å². The standard InChI is InChI=1S/C13H21NO4S/c1-4-14(5-2)19(16,17)12-7-8-13(18-6-3)11(9-12)10-15/h7-9,15H,4-6,10H2,1-3H3. The van der Waals surface area contributed by atoms with Gasteiger partial charge in [0.25, 0.3) is 0 Å². The monoisotopic (exact) mass is 287 g/mol. The van der Waals surface area contributed by atoms with Crippen LogP contribution in [0.2, 0.25) is 0 Å². The van der Waals surface area contributed by atoms with Gasteiger partial charge in [0.1, 0.15) is 5.75 Å². The van der Waals surface area contributed by atoms with Gasteiger partial charge in [-0.3, -0.25) is 0 Å². The summed E-state index contributed by atoms with van der Waals surface area (Å²) in [7, 11) is -3.50. The fraction of sp³-hybridized carbons (Fsp3) is 0.538. The zero-order valence-electron chi connectivity index (χ0n) is 11.6. The Labute approximate surface area is 114 Å². The van der Waals surface area contributed by atoms with Gasteiger partial charge in [-0.2, -0.15) is 4.31 Å². The second-order valence-corrected chi connectivity index (χ2v) is 5.89. The Hall–Kier alpha value is -1.11. The maximum atomic E-state index is 12.3. The minimum Gasteiger partial charge on any atom is -0.494 e. The normalized spacial score (nSPS) is 11.8. The number of ether oxygens (including phenoxy) is 1. The maximum Gasteiger partial charge on any atom is 0.243 e. The maximum absolute atomic E-state index is 12.3. The van der Waals surface area contributed by atoms with E-state index < -0.39 is 10.0 Å². The van der Waals surface area contributed by atoms with Crippen LogP contribution in [-0.2, 0) is 16.6 Å². The average molecular weight is 287 g/mol. The molecule has 6 heteroatoms. The molecule has 0 saturated heterocycles. The Morgan fingerprint density at radius 3 is 2.32 bits per heavy atom. The van der Waals surface area contributed by atoms with Gasteiger partial charge in [-0.05, 0) is 25.1 Å². The highest BCUT2D eigenvalue weighted by Crippen LogP contribution is 2.24. The summed E-state index contributed by atoms with van der Waals surface area (Å²) in [6, 6.07) is 4.57. The lowest BCUT2D eigenvalue weighted by Gasteiger charge is -2.19. The Bertz CT molecular complexity index is 509. The summed E-state index contributed by atoms with van der Waals surface area (Å²) in [5, 5.41) is 9.30. The predicted molar refractivity (Wildman–Crippen MR) is 73.6 cm³/mol. The summed E-state index contributed by atoms with van der Waals surface area (Å²) in [5.74, 6) is 0.517.